The van der Waals surface area contributed by atoms with E-state index in [4.69, 9.17) is 4.42 Å². The van der Waals surface area contributed by atoms with Gasteiger partial charge in [-0.25, -0.2) is 0 Å². The Hall–Kier alpha value is -1.75. The highest BCUT2D eigenvalue weighted by Crippen LogP contribution is 2.18. The fourth-order valence-electron chi connectivity index (χ4n) is 2.47. The third-order valence-electron chi connectivity index (χ3n) is 3.66. The fourth-order valence-corrected chi connectivity index (χ4v) is 2.47. The fraction of sp³-hybridized carbons (Fsp3) is 0.562. The first-order valence-corrected chi connectivity index (χ1v) is 7.64. The summed E-state index contributed by atoms with van der Waals surface area (Å²) in [6, 6.07) is 4.23. The standard InChI is InChI=1S/C16H25N3O2/c1-2-10-17-16(18-11-9-15-4-3-12-21-15)19-13-5-7-14(20)8-6-13/h2-4,12-14,20H,1,5-11H2,(H2,17,18,19). The van der Waals surface area contributed by atoms with Crippen molar-refractivity contribution in [2.45, 2.75) is 44.2 Å². The molecule has 2 rings (SSSR count). The van der Waals surface area contributed by atoms with Crippen molar-refractivity contribution >= 4 is 5.96 Å². The van der Waals surface area contributed by atoms with Gasteiger partial charge in [0.15, 0.2) is 5.96 Å². The van der Waals surface area contributed by atoms with Crippen molar-refractivity contribution in [3.63, 3.8) is 0 Å². The molecule has 1 saturated carbocycles. The molecule has 116 valence electrons. The average Bonchev–Trinajstić information content (AvgIpc) is 3.00. The summed E-state index contributed by atoms with van der Waals surface area (Å²) in [6.07, 6.45) is 7.83. The molecular formula is C16H25N3O2. The molecule has 1 heterocycles. The van der Waals surface area contributed by atoms with Crippen LogP contribution in [0.15, 0.2) is 40.5 Å². The van der Waals surface area contributed by atoms with Gasteiger partial charge in [0.2, 0.25) is 0 Å². The summed E-state index contributed by atoms with van der Waals surface area (Å²) >= 11 is 0. The van der Waals surface area contributed by atoms with Crippen molar-refractivity contribution in [3.8, 4) is 0 Å². The van der Waals surface area contributed by atoms with Gasteiger partial charge in [-0.2, -0.15) is 0 Å². The summed E-state index contributed by atoms with van der Waals surface area (Å²) in [5, 5.41) is 16.2. The van der Waals surface area contributed by atoms with Crippen LogP contribution in [0.5, 0.6) is 0 Å². The monoisotopic (exact) mass is 291 g/mol. The van der Waals surface area contributed by atoms with E-state index < -0.39 is 0 Å². The number of rotatable bonds is 6. The van der Waals surface area contributed by atoms with Crippen LogP contribution in [0.4, 0.5) is 0 Å². The molecule has 0 amide bonds. The molecule has 0 atom stereocenters. The summed E-state index contributed by atoms with van der Waals surface area (Å²) in [5.74, 6) is 1.76. The van der Waals surface area contributed by atoms with E-state index in [1.54, 1.807) is 6.26 Å². The van der Waals surface area contributed by atoms with E-state index in [0.717, 1.165) is 43.8 Å². The maximum Gasteiger partial charge on any atom is 0.191 e. The zero-order valence-electron chi connectivity index (χ0n) is 12.4. The molecule has 0 aromatic carbocycles. The minimum Gasteiger partial charge on any atom is -0.469 e. The number of nitrogens with zero attached hydrogens (tertiary/aromatic N) is 1. The number of hydrogen-bond acceptors (Lipinski definition) is 3. The lowest BCUT2D eigenvalue weighted by Crippen LogP contribution is -2.45. The number of guanidine groups is 1. The Morgan fingerprint density at radius 1 is 1.43 bits per heavy atom. The van der Waals surface area contributed by atoms with Gasteiger partial charge in [0, 0.05) is 25.6 Å². The predicted molar refractivity (Wildman–Crippen MR) is 84.3 cm³/mol. The Labute approximate surface area is 126 Å². The molecular weight excluding hydrogens is 266 g/mol. The van der Waals surface area contributed by atoms with Crippen LogP contribution in [-0.4, -0.2) is 36.3 Å². The van der Waals surface area contributed by atoms with Crippen LogP contribution in [0.25, 0.3) is 0 Å². The van der Waals surface area contributed by atoms with E-state index in [1.807, 2.05) is 18.2 Å². The third-order valence-corrected chi connectivity index (χ3v) is 3.66. The average molecular weight is 291 g/mol. The van der Waals surface area contributed by atoms with Crippen LogP contribution in [0.3, 0.4) is 0 Å². The van der Waals surface area contributed by atoms with Crippen LogP contribution < -0.4 is 10.6 Å². The van der Waals surface area contributed by atoms with Gasteiger partial charge in [0.1, 0.15) is 5.76 Å². The zero-order valence-corrected chi connectivity index (χ0v) is 12.4. The number of hydrogen-bond donors (Lipinski definition) is 3. The molecule has 5 nitrogen and oxygen atoms in total. The Morgan fingerprint density at radius 2 is 2.24 bits per heavy atom. The number of aliphatic imine (C=N–C) groups is 1. The normalized spacial score (nSPS) is 22.8. The van der Waals surface area contributed by atoms with Gasteiger partial charge >= 0.3 is 0 Å². The minimum absolute atomic E-state index is 0.136. The van der Waals surface area contributed by atoms with Gasteiger partial charge in [-0.15, -0.1) is 6.58 Å². The molecule has 1 aliphatic rings. The summed E-state index contributed by atoms with van der Waals surface area (Å²) in [6.45, 7) is 5.08. The lowest BCUT2D eigenvalue weighted by molar-refractivity contribution is 0.120. The van der Waals surface area contributed by atoms with Crippen LogP contribution >= 0.6 is 0 Å². The molecule has 0 aliphatic heterocycles. The second kappa shape index (κ2) is 8.52. The Bertz CT molecular complexity index is 434. The summed E-state index contributed by atoms with van der Waals surface area (Å²) in [4.78, 5) is 4.57. The van der Waals surface area contributed by atoms with Crippen molar-refractivity contribution in [1.29, 1.82) is 0 Å². The van der Waals surface area contributed by atoms with Crippen molar-refractivity contribution in [3.05, 3.63) is 36.8 Å². The molecule has 21 heavy (non-hydrogen) atoms. The van der Waals surface area contributed by atoms with Gasteiger partial charge in [-0.3, -0.25) is 4.99 Å². The van der Waals surface area contributed by atoms with Crippen LogP contribution in [0, 0.1) is 0 Å². The third kappa shape index (κ3) is 5.63. The van der Waals surface area contributed by atoms with Crippen molar-refractivity contribution in [2.24, 2.45) is 4.99 Å². The second-order valence-corrected chi connectivity index (χ2v) is 5.38. The van der Waals surface area contributed by atoms with E-state index in [0.29, 0.717) is 19.1 Å². The quantitative estimate of drug-likeness (QED) is 0.425. The number of furan rings is 1. The maximum atomic E-state index is 9.55. The lowest BCUT2D eigenvalue weighted by atomic mass is 9.93. The van der Waals surface area contributed by atoms with E-state index in [-0.39, 0.29) is 6.10 Å². The van der Waals surface area contributed by atoms with Crippen LogP contribution in [-0.2, 0) is 6.42 Å². The minimum atomic E-state index is -0.136. The smallest absolute Gasteiger partial charge is 0.191 e. The first-order valence-electron chi connectivity index (χ1n) is 7.64. The number of aliphatic hydroxyl groups excluding tert-OH is 1. The second-order valence-electron chi connectivity index (χ2n) is 5.38. The highest BCUT2D eigenvalue weighted by Gasteiger charge is 2.19. The molecule has 0 bridgehead atoms. The first-order chi connectivity index (χ1) is 10.3. The number of nitrogens with one attached hydrogen (secondary N) is 2. The highest BCUT2D eigenvalue weighted by atomic mass is 16.3. The van der Waals surface area contributed by atoms with Crippen molar-refractivity contribution in [1.82, 2.24) is 10.6 Å². The predicted octanol–water partition coefficient (Wildman–Crippen LogP) is 1.85. The molecule has 0 radical (unpaired) electrons. The lowest BCUT2D eigenvalue weighted by Gasteiger charge is -2.27. The molecule has 0 unspecified atom stereocenters. The molecule has 1 aromatic rings. The van der Waals surface area contributed by atoms with Crippen LogP contribution in [0.2, 0.25) is 0 Å². The van der Waals surface area contributed by atoms with Gasteiger partial charge in [0.25, 0.3) is 0 Å². The van der Waals surface area contributed by atoms with Gasteiger partial charge < -0.3 is 20.2 Å². The SMILES string of the molecule is C=CCNC(=NCCc1ccco1)NC1CCC(O)CC1. The molecule has 0 saturated heterocycles. The van der Waals surface area contributed by atoms with Gasteiger partial charge in [-0.1, -0.05) is 6.08 Å². The largest absolute Gasteiger partial charge is 0.469 e. The topological polar surface area (TPSA) is 69.8 Å². The molecule has 1 aromatic heterocycles. The summed E-state index contributed by atoms with van der Waals surface area (Å²) < 4.78 is 5.30. The van der Waals surface area contributed by atoms with Crippen LogP contribution in [0.1, 0.15) is 31.4 Å². The van der Waals surface area contributed by atoms with Gasteiger partial charge in [-0.05, 0) is 37.8 Å². The first kappa shape index (κ1) is 15.6. The summed E-state index contributed by atoms with van der Waals surface area (Å²) in [7, 11) is 0. The maximum absolute atomic E-state index is 9.55. The van der Waals surface area contributed by atoms with Gasteiger partial charge in [0.05, 0.1) is 12.4 Å². The highest BCUT2D eigenvalue weighted by molar-refractivity contribution is 5.80. The summed E-state index contributed by atoms with van der Waals surface area (Å²) in [5.41, 5.74) is 0. The number of aliphatic hydroxyl groups is 1. The van der Waals surface area contributed by atoms with E-state index >= 15 is 0 Å². The van der Waals surface area contributed by atoms with Crippen molar-refractivity contribution < 1.29 is 9.52 Å². The zero-order chi connectivity index (χ0) is 14.9. The molecule has 5 heteroatoms. The molecule has 3 N–H and O–H groups in total. The molecule has 1 fully saturated rings. The van der Waals surface area contributed by atoms with E-state index in [9.17, 15) is 5.11 Å². The molecule has 1 aliphatic carbocycles. The Morgan fingerprint density at radius 3 is 2.90 bits per heavy atom. The van der Waals surface area contributed by atoms with E-state index in [1.165, 1.54) is 0 Å². The van der Waals surface area contributed by atoms with Crippen molar-refractivity contribution in [2.75, 3.05) is 13.1 Å². The van der Waals surface area contributed by atoms with E-state index in [2.05, 4.69) is 22.2 Å². The Balaban J connectivity index is 1.82. The Kier molecular flexibility index (Phi) is 6.34. The molecule has 0 spiro atoms.